The molecule has 1 saturated heterocycles. The average molecular weight is 369 g/mol. The topological polar surface area (TPSA) is 59.6 Å². The highest BCUT2D eigenvalue weighted by atomic mass is 79.9. The third-order valence-electron chi connectivity index (χ3n) is 2.66. The SMILES string of the molecule is O=C(Nc1ccc(OC(F)(F)F)c(Br)c1)C1COCCN1. The van der Waals surface area contributed by atoms with Gasteiger partial charge in [0, 0.05) is 12.2 Å². The molecule has 9 heteroatoms. The van der Waals surface area contributed by atoms with E-state index in [4.69, 9.17) is 4.74 Å². The van der Waals surface area contributed by atoms with E-state index in [0.29, 0.717) is 18.8 Å². The Morgan fingerprint density at radius 2 is 2.24 bits per heavy atom. The highest BCUT2D eigenvalue weighted by Gasteiger charge is 2.32. The molecule has 0 aliphatic carbocycles. The van der Waals surface area contributed by atoms with Crippen molar-refractivity contribution in [2.24, 2.45) is 0 Å². The van der Waals surface area contributed by atoms with E-state index in [9.17, 15) is 18.0 Å². The van der Waals surface area contributed by atoms with Gasteiger partial charge in [-0.15, -0.1) is 13.2 Å². The highest BCUT2D eigenvalue weighted by Crippen LogP contribution is 2.32. The summed E-state index contributed by atoms with van der Waals surface area (Å²) in [6, 6.07) is 3.30. The van der Waals surface area contributed by atoms with Crippen LogP contribution in [0, 0.1) is 0 Å². The van der Waals surface area contributed by atoms with Crippen molar-refractivity contribution in [3.05, 3.63) is 22.7 Å². The quantitative estimate of drug-likeness (QED) is 0.859. The Bertz CT molecular complexity index is 519. The molecule has 2 rings (SSSR count). The first kappa shape index (κ1) is 16.1. The lowest BCUT2D eigenvalue weighted by molar-refractivity contribution is -0.274. The Labute approximate surface area is 126 Å². The molecule has 1 fully saturated rings. The lowest BCUT2D eigenvalue weighted by Crippen LogP contribution is -2.48. The number of nitrogens with one attached hydrogen (secondary N) is 2. The van der Waals surface area contributed by atoms with Crippen LogP contribution in [0.5, 0.6) is 5.75 Å². The molecule has 5 nitrogen and oxygen atoms in total. The van der Waals surface area contributed by atoms with Crippen molar-refractivity contribution < 1.29 is 27.4 Å². The van der Waals surface area contributed by atoms with Crippen LogP contribution in [0.4, 0.5) is 18.9 Å². The number of morpholine rings is 1. The second kappa shape index (κ2) is 6.63. The fourth-order valence-electron chi connectivity index (χ4n) is 1.75. The van der Waals surface area contributed by atoms with Crippen LogP contribution >= 0.6 is 15.9 Å². The summed E-state index contributed by atoms with van der Waals surface area (Å²) in [6.45, 7) is 1.36. The molecule has 0 aromatic heterocycles. The summed E-state index contributed by atoms with van der Waals surface area (Å²) in [5.74, 6) is -0.689. The highest BCUT2D eigenvalue weighted by molar-refractivity contribution is 9.10. The second-order valence-electron chi connectivity index (χ2n) is 4.26. The van der Waals surface area contributed by atoms with Crippen LogP contribution in [0.3, 0.4) is 0 Å². The number of hydrogen-bond acceptors (Lipinski definition) is 4. The second-order valence-corrected chi connectivity index (χ2v) is 5.12. The molecular formula is C12H12BrF3N2O3. The molecule has 2 N–H and O–H groups in total. The van der Waals surface area contributed by atoms with Crippen molar-refractivity contribution in [1.82, 2.24) is 5.32 Å². The number of carbonyl (C=O) groups is 1. The fraction of sp³-hybridized carbons (Fsp3) is 0.417. The predicted octanol–water partition coefficient (Wildman–Crippen LogP) is 2.27. The molecule has 1 aromatic rings. The molecule has 1 aliphatic heterocycles. The number of hydrogen-bond donors (Lipinski definition) is 2. The monoisotopic (exact) mass is 368 g/mol. The molecule has 0 spiro atoms. The van der Waals surface area contributed by atoms with Gasteiger partial charge < -0.3 is 20.1 Å². The zero-order valence-corrected chi connectivity index (χ0v) is 12.3. The zero-order valence-electron chi connectivity index (χ0n) is 10.7. The first-order valence-corrected chi connectivity index (χ1v) is 6.82. The number of alkyl halides is 3. The average Bonchev–Trinajstić information content (AvgIpc) is 2.41. The number of ether oxygens (including phenoxy) is 2. The molecule has 0 saturated carbocycles. The summed E-state index contributed by atoms with van der Waals surface area (Å²) in [7, 11) is 0. The predicted molar refractivity (Wildman–Crippen MR) is 72.1 cm³/mol. The van der Waals surface area contributed by atoms with E-state index in [1.54, 1.807) is 0 Å². The Kier molecular flexibility index (Phi) is 5.07. The van der Waals surface area contributed by atoms with Crippen molar-refractivity contribution >= 4 is 27.5 Å². The van der Waals surface area contributed by atoms with Gasteiger partial charge in [-0.1, -0.05) is 0 Å². The maximum atomic E-state index is 12.1. The van der Waals surface area contributed by atoms with Gasteiger partial charge in [-0.25, -0.2) is 0 Å². The first-order valence-electron chi connectivity index (χ1n) is 6.02. The number of carbonyl (C=O) groups excluding carboxylic acids is 1. The number of anilines is 1. The van der Waals surface area contributed by atoms with E-state index >= 15 is 0 Å². The Hall–Kier alpha value is -1.32. The maximum absolute atomic E-state index is 12.1. The van der Waals surface area contributed by atoms with E-state index < -0.39 is 12.4 Å². The van der Waals surface area contributed by atoms with Gasteiger partial charge in [-0.05, 0) is 34.1 Å². The van der Waals surface area contributed by atoms with Crippen LogP contribution in [0.15, 0.2) is 22.7 Å². The van der Waals surface area contributed by atoms with Crippen molar-refractivity contribution in [3.63, 3.8) is 0 Å². The van der Waals surface area contributed by atoms with Crippen molar-refractivity contribution in [3.8, 4) is 5.75 Å². The van der Waals surface area contributed by atoms with Crippen molar-refractivity contribution in [2.45, 2.75) is 12.4 Å². The van der Waals surface area contributed by atoms with Crippen LogP contribution in [-0.4, -0.2) is 38.1 Å². The summed E-state index contributed by atoms with van der Waals surface area (Å²) in [5.41, 5.74) is 0.355. The molecule has 116 valence electrons. The van der Waals surface area contributed by atoms with E-state index in [1.165, 1.54) is 12.1 Å². The van der Waals surface area contributed by atoms with Gasteiger partial charge in [0.05, 0.1) is 17.7 Å². The first-order chi connectivity index (χ1) is 9.85. The zero-order chi connectivity index (χ0) is 15.5. The third kappa shape index (κ3) is 4.87. The van der Waals surface area contributed by atoms with Crippen molar-refractivity contribution in [1.29, 1.82) is 0 Å². The molecule has 1 atom stereocenters. The lowest BCUT2D eigenvalue weighted by Gasteiger charge is -2.23. The maximum Gasteiger partial charge on any atom is 0.573 e. The van der Waals surface area contributed by atoms with E-state index in [1.807, 2.05) is 0 Å². The third-order valence-corrected chi connectivity index (χ3v) is 3.28. The minimum atomic E-state index is -4.77. The molecule has 21 heavy (non-hydrogen) atoms. The minimum Gasteiger partial charge on any atom is -0.405 e. The van der Waals surface area contributed by atoms with Crippen LogP contribution < -0.4 is 15.4 Å². The van der Waals surface area contributed by atoms with Crippen LogP contribution in [0.2, 0.25) is 0 Å². The molecular weight excluding hydrogens is 357 g/mol. The van der Waals surface area contributed by atoms with Gasteiger partial charge in [0.25, 0.3) is 0 Å². The number of rotatable bonds is 3. The number of benzene rings is 1. The van der Waals surface area contributed by atoms with Gasteiger partial charge in [0.1, 0.15) is 11.8 Å². The Morgan fingerprint density at radius 1 is 1.48 bits per heavy atom. The van der Waals surface area contributed by atoms with Gasteiger partial charge in [0.2, 0.25) is 5.91 Å². The van der Waals surface area contributed by atoms with Gasteiger partial charge >= 0.3 is 6.36 Å². The molecule has 1 heterocycles. The van der Waals surface area contributed by atoms with Crippen LogP contribution in [0.1, 0.15) is 0 Å². The number of halogens is 4. The Balaban J connectivity index is 2.01. The molecule has 1 amide bonds. The summed E-state index contributed by atoms with van der Waals surface area (Å²) >= 11 is 2.97. The number of amides is 1. The normalized spacial score (nSPS) is 19.1. The largest absolute Gasteiger partial charge is 0.573 e. The lowest BCUT2D eigenvalue weighted by atomic mass is 10.2. The van der Waals surface area contributed by atoms with E-state index in [2.05, 4.69) is 31.3 Å². The smallest absolute Gasteiger partial charge is 0.405 e. The van der Waals surface area contributed by atoms with E-state index in [-0.39, 0.29) is 22.7 Å². The summed E-state index contributed by atoms with van der Waals surface area (Å²) in [5, 5.41) is 5.57. The Morgan fingerprint density at radius 3 is 2.81 bits per heavy atom. The van der Waals surface area contributed by atoms with E-state index in [0.717, 1.165) is 6.07 Å². The van der Waals surface area contributed by atoms with Gasteiger partial charge in [-0.3, -0.25) is 4.79 Å². The molecule has 1 unspecified atom stereocenters. The molecule has 1 aromatic carbocycles. The van der Waals surface area contributed by atoms with Gasteiger partial charge in [-0.2, -0.15) is 0 Å². The molecule has 0 radical (unpaired) electrons. The van der Waals surface area contributed by atoms with Crippen molar-refractivity contribution in [2.75, 3.05) is 25.1 Å². The molecule has 1 aliphatic rings. The minimum absolute atomic E-state index is 0.0884. The summed E-state index contributed by atoms with van der Waals surface area (Å²) < 4.78 is 45.5. The van der Waals surface area contributed by atoms with Crippen LogP contribution in [0.25, 0.3) is 0 Å². The summed E-state index contributed by atoms with van der Waals surface area (Å²) in [6.07, 6.45) is -4.77. The summed E-state index contributed by atoms with van der Waals surface area (Å²) in [4.78, 5) is 11.9. The fourth-order valence-corrected chi connectivity index (χ4v) is 2.21. The molecule has 0 bridgehead atoms. The van der Waals surface area contributed by atoms with Crippen LogP contribution in [-0.2, 0) is 9.53 Å². The standard InChI is InChI=1S/C12H12BrF3N2O3/c13-8-5-7(1-2-10(8)21-12(14,15)16)18-11(19)9-6-20-4-3-17-9/h1-2,5,9,17H,3-4,6H2,(H,18,19). The van der Waals surface area contributed by atoms with Gasteiger partial charge in [0.15, 0.2) is 0 Å².